The van der Waals surface area contributed by atoms with Crippen molar-refractivity contribution < 1.29 is 22.8 Å². The fraction of sp³-hybridized carbons (Fsp3) is 0.409. The Labute approximate surface area is 209 Å². The normalized spacial score (nSPS) is 16.3. The maximum absolute atomic E-state index is 12.9. The van der Waals surface area contributed by atoms with Gasteiger partial charge in [-0.2, -0.15) is 13.2 Å². The molecule has 0 saturated carbocycles. The molecule has 3 aromatic heterocycles. The number of carbonyl (C=O) groups excluding carboxylic acids is 2. The molecule has 36 heavy (non-hydrogen) atoms. The summed E-state index contributed by atoms with van der Waals surface area (Å²) in [6.45, 7) is 1.20. The van der Waals surface area contributed by atoms with E-state index in [0.29, 0.717) is 39.8 Å². The van der Waals surface area contributed by atoms with E-state index in [-0.39, 0.29) is 25.7 Å². The fourth-order valence-electron chi connectivity index (χ4n) is 3.92. The Bertz CT molecular complexity index is 1250. The lowest BCUT2D eigenvalue weighted by molar-refractivity contribution is -0.139. The number of amides is 3. The molecule has 10 nitrogen and oxygen atoms in total. The molecule has 1 atom stereocenters. The van der Waals surface area contributed by atoms with Crippen LogP contribution in [0.1, 0.15) is 13.3 Å². The van der Waals surface area contributed by atoms with Crippen LogP contribution in [0.2, 0.25) is 5.02 Å². The van der Waals surface area contributed by atoms with Gasteiger partial charge in [0.2, 0.25) is 5.91 Å². The number of hydrogen-bond donors (Lipinski definition) is 3. The smallest absolute Gasteiger partial charge is 0.345 e. The van der Waals surface area contributed by atoms with E-state index in [0.717, 1.165) is 6.42 Å². The number of alkyl halides is 3. The molecule has 4 rings (SSSR count). The van der Waals surface area contributed by atoms with Crippen molar-refractivity contribution in [2.75, 3.05) is 37.6 Å². The van der Waals surface area contributed by atoms with Gasteiger partial charge in [0, 0.05) is 49.2 Å². The number of anilines is 1. The molecule has 3 N–H and O–H groups in total. The summed E-state index contributed by atoms with van der Waals surface area (Å²) < 4.78 is 38.3. The molecule has 4 heterocycles. The topological polar surface area (TPSA) is 119 Å². The number of halogens is 4. The van der Waals surface area contributed by atoms with Gasteiger partial charge in [0.05, 0.1) is 11.6 Å². The van der Waals surface area contributed by atoms with E-state index in [4.69, 9.17) is 11.6 Å². The van der Waals surface area contributed by atoms with E-state index in [1.54, 1.807) is 23.2 Å². The summed E-state index contributed by atoms with van der Waals surface area (Å²) in [5, 5.41) is 5.78. The molecule has 3 amide bonds. The Balaban J connectivity index is 1.63. The summed E-state index contributed by atoms with van der Waals surface area (Å²) >= 11 is 6.09. The molecule has 0 spiro atoms. The summed E-state index contributed by atoms with van der Waals surface area (Å²) in [4.78, 5) is 44.5. The molecule has 192 valence electrons. The van der Waals surface area contributed by atoms with Crippen LogP contribution in [-0.4, -0.2) is 81.7 Å². The standard InChI is InChI=1S/C22H24ClF3N8O2/c1-2-4-28-21(36)33-6-7-34(16(11-33)20(35)31-12-22(24,25)26)17-3-5-27-19(32-17)15-10-30-18-14(15)8-13(23)9-29-18/h3,5,8-10,16H,2,4,6-7,11-12H2,1H3,(H,28,36)(H,29,30)(H,31,35)/t16-/m1/s1. The first-order chi connectivity index (χ1) is 17.2. The van der Waals surface area contributed by atoms with Gasteiger partial charge < -0.3 is 25.4 Å². The fourth-order valence-corrected chi connectivity index (χ4v) is 4.07. The quantitative estimate of drug-likeness (QED) is 0.456. The highest BCUT2D eigenvalue weighted by molar-refractivity contribution is 6.31. The maximum atomic E-state index is 12.9. The summed E-state index contributed by atoms with van der Waals surface area (Å²) in [7, 11) is 0. The Morgan fingerprint density at radius 2 is 2.06 bits per heavy atom. The van der Waals surface area contributed by atoms with Crippen LogP contribution in [0.15, 0.2) is 30.7 Å². The Kier molecular flexibility index (Phi) is 7.48. The van der Waals surface area contributed by atoms with Gasteiger partial charge >= 0.3 is 12.2 Å². The third-order valence-corrected chi connectivity index (χ3v) is 5.84. The van der Waals surface area contributed by atoms with E-state index >= 15 is 0 Å². The van der Waals surface area contributed by atoms with Gasteiger partial charge in [0.1, 0.15) is 24.1 Å². The molecule has 1 fully saturated rings. The second-order valence-electron chi connectivity index (χ2n) is 8.21. The number of urea groups is 1. The van der Waals surface area contributed by atoms with Crippen molar-refractivity contribution in [1.82, 2.24) is 35.5 Å². The highest BCUT2D eigenvalue weighted by Crippen LogP contribution is 2.29. The summed E-state index contributed by atoms with van der Waals surface area (Å²) in [6, 6.07) is 1.82. The van der Waals surface area contributed by atoms with E-state index in [1.165, 1.54) is 17.3 Å². The second-order valence-corrected chi connectivity index (χ2v) is 8.65. The van der Waals surface area contributed by atoms with Crippen LogP contribution >= 0.6 is 11.6 Å². The molecule has 1 aliphatic heterocycles. The first-order valence-corrected chi connectivity index (χ1v) is 11.6. The summed E-state index contributed by atoms with van der Waals surface area (Å²) in [6.07, 6.45) is 0.831. The van der Waals surface area contributed by atoms with Crippen LogP contribution in [0.25, 0.3) is 22.4 Å². The molecular weight excluding hydrogens is 501 g/mol. The molecule has 0 aliphatic carbocycles. The van der Waals surface area contributed by atoms with Gasteiger partial charge in [-0.1, -0.05) is 18.5 Å². The van der Waals surface area contributed by atoms with Gasteiger partial charge in [-0.05, 0) is 18.6 Å². The van der Waals surface area contributed by atoms with Gasteiger partial charge in [-0.25, -0.2) is 19.7 Å². The number of H-pyrrole nitrogens is 1. The summed E-state index contributed by atoms with van der Waals surface area (Å²) in [5.41, 5.74) is 1.21. The number of pyridine rings is 1. The minimum Gasteiger partial charge on any atom is -0.345 e. The van der Waals surface area contributed by atoms with E-state index in [1.807, 2.05) is 12.2 Å². The predicted molar refractivity (Wildman–Crippen MR) is 128 cm³/mol. The zero-order chi connectivity index (χ0) is 25.9. The third kappa shape index (κ3) is 5.78. The van der Waals surface area contributed by atoms with Crippen molar-refractivity contribution in [2.45, 2.75) is 25.6 Å². The molecule has 3 aromatic rings. The minimum absolute atomic E-state index is 0.106. The van der Waals surface area contributed by atoms with Crippen LogP contribution in [0.3, 0.4) is 0 Å². The Morgan fingerprint density at radius 3 is 2.81 bits per heavy atom. The molecule has 0 aromatic carbocycles. The number of aromatic nitrogens is 4. The lowest BCUT2D eigenvalue weighted by atomic mass is 10.1. The lowest BCUT2D eigenvalue weighted by Gasteiger charge is -2.41. The van der Waals surface area contributed by atoms with Crippen LogP contribution in [0, 0.1) is 0 Å². The van der Waals surface area contributed by atoms with Crippen LogP contribution in [-0.2, 0) is 4.79 Å². The second kappa shape index (κ2) is 10.6. The number of hydrogen-bond acceptors (Lipinski definition) is 6. The number of nitrogens with one attached hydrogen (secondary N) is 3. The van der Waals surface area contributed by atoms with Crippen LogP contribution < -0.4 is 15.5 Å². The van der Waals surface area contributed by atoms with Crippen molar-refractivity contribution in [3.8, 4) is 11.4 Å². The molecule has 1 saturated heterocycles. The van der Waals surface area contributed by atoms with Gasteiger partial charge in [-0.3, -0.25) is 4.79 Å². The SMILES string of the molecule is CCCNC(=O)N1CCN(c2ccnc(-c3c[nH]c4ncc(Cl)cc34)n2)[C@@H](C(=O)NCC(F)(F)F)C1. The number of fused-ring (bicyclic) bond motifs is 1. The zero-order valence-corrected chi connectivity index (χ0v) is 20.0. The first kappa shape index (κ1) is 25.5. The van der Waals surface area contributed by atoms with Crippen molar-refractivity contribution in [3.05, 3.63) is 35.7 Å². The molecule has 0 bridgehead atoms. The first-order valence-electron chi connectivity index (χ1n) is 11.3. The van der Waals surface area contributed by atoms with E-state index < -0.39 is 24.7 Å². The number of nitrogens with zero attached hydrogens (tertiary/aromatic N) is 5. The Hall–Kier alpha value is -3.61. The van der Waals surface area contributed by atoms with E-state index in [2.05, 4.69) is 25.3 Å². The van der Waals surface area contributed by atoms with Crippen LogP contribution in [0.5, 0.6) is 0 Å². The van der Waals surface area contributed by atoms with Crippen molar-refractivity contribution in [3.63, 3.8) is 0 Å². The van der Waals surface area contributed by atoms with Gasteiger partial charge in [0.25, 0.3) is 0 Å². The lowest BCUT2D eigenvalue weighted by Crippen LogP contribution is -2.62. The number of aromatic amines is 1. The van der Waals surface area contributed by atoms with Crippen LogP contribution in [0.4, 0.5) is 23.8 Å². The molecule has 0 radical (unpaired) electrons. The third-order valence-electron chi connectivity index (χ3n) is 5.63. The average molecular weight is 525 g/mol. The minimum atomic E-state index is -4.57. The highest BCUT2D eigenvalue weighted by atomic mass is 35.5. The molecule has 14 heteroatoms. The maximum Gasteiger partial charge on any atom is 0.405 e. The Morgan fingerprint density at radius 1 is 1.25 bits per heavy atom. The highest BCUT2D eigenvalue weighted by Gasteiger charge is 2.37. The monoisotopic (exact) mass is 524 g/mol. The summed E-state index contributed by atoms with van der Waals surface area (Å²) in [5.74, 6) is -0.200. The van der Waals surface area contributed by atoms with Gasteiger partial charge in [0.15, 0.2) is 5.82 Å². The van der Waals surface area contributed by atoms with Crippen molar-refractivity contribution in [1.29, 1.82) is 0 Å². The number of piperazine rings is 1. The predicted octanol–water partition coefficient (Wildman–Crippen LogP) is 2.96. The number of rotatable bonds is 6. The molecular formula is C22H24ClF3N8O2. The zero-order valence-electron chi connectivity index (χ0n) is 19.3. The number of carbonyl (C=O) groups is 2. The van der Waals surface area contributed by atoms with Crippen molar-refractivity contribution >= 4 is 40.4 Å². The average Bonchev–Trinajstić information content (AvgIpc) is 3.28. The van der Waals surface area contributed by atoms with Crippen molar-refractivity contribution in [2.24, 2.45) is 0 Å². The van der Waals surface area contributed by atoms with Gasteiger partial charge in [-0.15, -0.1) is 0 Å². The largest absolute Gasteiger partial charge is 0.405 e. The van der Waals surface area contributed by atoms with E-state index in [9.17, 15) is 22.8 Å². The molecule has 1 aliphatic rings. The molecule has 0 unspecified atom stereocenters.